The normalized spacial score (nSPS) is 16.1. The van der Waals surface area contributed by atoms with E-state index in [1.165, 1.54) is 34.9 Å². The van der Waals surface area contributed by atoms with Crippen LogP contribution in [0.2, 0.25) is 0 Å². The minimum atomic E-state index is -3.94. The van der Waals surface area contributed by atoms with E-state index in [2.05, 4.69) is 22.4 Å². The molecule has 34 heavy (non-hydrogen) atoms. The van der Waals surface area contributed by atoms with Gasteiger partial charge in [0.15, 0.2) is 0 Å². The average molecular weight is 501 g/mol. The molecule has 4 rings (SSSR count). The summed E-state index contributed by atoms with van der Waals surface area (Å²) in [6.07, 6.45) is 4.34. The molecule has 2 aromatic carbocycles. The van der Waals surface area contributed by atoms with E-state index in [1.54, 1.807) is 12.1 Å². The Kier molecular flexibility index (Phi) is 7.60. The number of hydrogen-bond acceptors (Lipinski definition) is 7. The van der Waals surface area contributed by atoms with Crippen LogP contribution in [0.5, 0.6) is 5.75 Å². The van der Waals surface area contributed by atoms with Crippen LogP contribution in [0.3, 0.4) is 0 Å². The van der Waals surface area contributed by atoms with Crippen LogP contribution in [0.1, 0.15) is 42.3 Å². The first-order valence-electron chi connectivity index (χ1n) is 11.3. The maximum absolute atomic E-state index is 13.6. The highest BCUT2D eigenvalue weighted by molar-refractivity contribution is 7.89. The van der Waals surface area contributed by atoms with E-state index in [-0.39, 0.29) is 17.9 Å². The zero-order valence-electron chi connectivity index (χ0n) is 19.2. The number of methoxy groups -OCH3 is 1. The van der Waals surface area contributed by atoms with Crippen molar-refractivity contribution in [2.75, 3.05) is 12.4 Å². The van der Waals surface area contributed by atoms with E-state index in [4.69, 9.17) is 4.74 Å². The number of aromatic nitrogens is 2. The highest BCUT2D eigenvalue weighted by atomic mass is 32.2. The minimum Gasteiger partial charge on any atom is -0.497 e. The predicted molar refractivity (Wildman–Crippen MR) is 131 cm³/mol. The van der Waals surface area contributed by atoms with Gasteiger partial charge in [-0.3, -0.25) is 10.1 Å². The molecule has 1 amide bonds. The van der Waals surface area contributed by atoms with Crippen LogP contribution in [0.15, 0.2) is 53.4 Å². The van der Waals surface area contributed by atoms with Gasteiger partial charge in [0.05, 0.1) is 12.0 Å². The van der Waals surface area contributed by atoms with Crippen molar-refractivity contribution in [2.45, 2.75) is 56.5 Å². The van der Waals surface area contributed by atoms with Crippen molar-refractivity contribution in [1.82, 2.24) is 14.5 Å². The molecule has 0 aliphatic carbocycles. The van der Waals surface area contributed by atoms with Crippen LogP contribution in [0.25, 0.3) is 0 Å². The SMILES string of the molecule is CCCCCc1nnc(NC(=O)C2Cc3ccccc3CN2S(=O)(=O)c2ccc(OC)cc2)s1. The molecule has 3 aromatic rings. The molecular weight excluding hydrogens is 472 g/mol. The van der Waals surface area contributed by atoms with E-state index >= 15 is 0 Å². The first kappa shape index (κ1) is 24.3. The van der Waals surface area contributed by atoms with Crippen LogP contribution < -0.4 is 10.1 Å². The van der Waals surface area contributed by atoms with E-state index in [0.717, 1.165) is 41.8 Å². The first-order valence-corrected chi connectivity index (χ1v) is 13.5. The molecule has 0 radical (unpaired) electrons. The second-order valence-corrected chi connectivity index (χ2v) is 11.1. The fourth-order valence-corrected chi connectivity index (χ4v) is 6.33. The largest absolute Gasteiger partial charge is 0.497 e. The fraction of sp³-hybridized carbons (Fsp3) is 0.375. The summed E-state index contributed by atoms with van der Waals surface area (Å²) in [5.74, 6) is 0.145. The Morgan fingerprint density at radius 1 is 1.12 bits per heavy atom. The summed E-state index contributed by atoms with van der Waals surface area (Å²) in [6.45, 7) is 2.25. The van der Waals surface area contributed by atoms with Crippen molar-refractivity contribution in [3.8, 4) is 5.75 Å². The lowest BCUT2D eigenvalue weighted by Gasteiger charge is -2.34. The predicted octanol–water partition coefficient (Wildman–Crippen LogP) is 4.03. The molecule has 2 heterocycles. The molecule has 0 fully saturated rings. The van der Waals surface area contributed by atoms with Crippen LogP contribution >= 0.6 is 11.3 Å². The van der Waals surface area contributed by atoms with Crippen molar-refractivity contribution in [1.29, 1.82) is 0 Å². The Morgan fingerprint density at radius 3 is 2.56 bits per heavy atom. The summed E-state index contributed by atoms with van der Waals surface area (Å²) in [4.78, 5) is 13.4. The summed E-state index contributed by atoms with van der Waals surface area (Å²) in [7, 11) is -2.42. The third-order valence-corrected chi connectivity index (χ3v) is 8.63. The van der Waals surface area contributed by atoms with Crippen LogP contribution in [-0.4, -0.2) is 42.0 Å². The van der Waals surface area contributed by atoms with Gasteiger partial charge in [-0.05, 0) is 48.2 Å². The maximum Gasteiger partial charge on any atom is 0.245 e. The Morgan fingerprint density at radius 2 is 1.85 bits per heavy atom. The van der Waals surface area contributed by atoms with Gasteiger partial charge in [0.25, 0.3) is 0 Å². The van der Waals surface area contributed by atoms with E-state index in [0.29, 0.717) is 10.9 Å². The monoisotopic (exact) mass is 500 g/mol. The molecule has 0 saturated heterocycles. The number of carbonyl (C=O) groups is 1. The zero-order chi connectivity index (χ0) is 24.1. The molecule has 1 N–H and O–H groups in total. The van der Waals surface area contributed by atoms with Crippen molar-refractivity contribution < 1.29 is 17.9 Å². The summed E-state index contributed by atoms with van der Waals surface area (Å²) >= 11 is 1.33. The molecule has 0 saturated carbocycles. The van der Waals surface area contributed by atoms with Gasteiger partial charge < -0.3 is 4.74 Å². The second-order valence-electron chi connectivity index (χ2n) is 8.16. The van der Waals surface area contributed by atoms with Gasteiger partial charge in [-0.25, -0.2) is 8.42 Å². The highest BCUT2D eigenvalue weighted by Gasteiger charge is 2.40. The highest BCUT2D eigenvalue weighted by Crippen LogP contribution is 2.31. The van der Waals surface area contributed by atoms with Gasteiger partial charge in [-0.2, -0.15) is 4.31 Å². The molecule has 0 spiro atoms. The molecule has 8 nitrogen and oxygen atoms in total. The third-order valence-electron chi connectivity index (χ3n) is 5.87. The van der Waals surface area contributed by atoms with Crippen LogP contribution in [0.4, 0.5) is 5.13 Å². The minimum absolute atomic E-state index is 0.111. The molecule has 0 bridgehead atoms. The number of carbonyl (C=O) groups excluding carboxylic acids is 1. The summed E-state index contributed by atoms with van der Waals surface area (Å²) in [5, 5.41) is 12.3. The lowest BCUT2D eigenvalue weighted by Crippen LogP contribution is -2.50. The molecule has 1 aromatic heterocycles. The van der Waals surface area contributed by atoms with Gasteiger partial charge in [-0.1, -0.05) is 55.4 Å². The molecule has 1 aliphatic heterocycles. The van der Waals surface area contributed by atoms with Crippen molar-refractivity contribution >= 4 is 32.4 Å². The number of hydrogen-bond donors (Lipinski definition) is 1. The van der Waals surface area contributed by atoms with Gasteiger partial charge in [0, 0.05) is 13.0 Å². The Bertz CT molecular complexity index is 1240. The number of anilines is 1. The van der Waals surface area contributed by atoms with Crippen molar-refractivity contribution in [2.24, 2.45) is 0 Å². The van der Waals surface area contributed by atoms with Gasteiger partial charge >= 0.3 is 0 Å². The topological polar surface area (TPSA) is 101 Å². The Labute approximate surface area is 204 Å². The quantitative estimate of drug-likeness (QED) is 0.445. The maximum atomic E-state index is 13.6. The summed E-state index contributed by atoms with van der Waals surface area (Å²) in [5.41, 5.74) is 1.85. The van der Waals surface area contributed by atoms with Gasteiger partial charge in [0.2, 0.25) is 21.1 Å². The second kappa shape index (κ2) is 10.6. The number of nitrogens with zero attached hydrogens (tertiary/aromatic N) is 3. The molecular formula is C24H28N4O4S2. The van der Waals surface area contributed by atoms with E-state index in [9.17, 15) is 13.2 Å². The zero-order valence-corrected chi connectivity index (χ0v) is 20.9. The first-order chi connectivity index (χ1) is 16.4. The number of aryl methyl sites for hydroxylation is 1. The molecule has 1 unspecified atom stereocenters. The number of ether oxygens (including phenoxy) is 1. The number of fused-ring (bicyclic) bond motifs is 1. The van der Waals surface area contributed by atoms with E-state index in [1.807, 2.05) is 24.3 Å². The number of sulfonamides is 1. The van der Waals surface area contributed by atoms with Crippen molar-refractivity contribution in [3.63, 3.8) is 0 Å². The number of unbranched alkanes of at least 4 members (excludes halogenated alkanes) is 2. The Balaban J connectivity index is 1.59. The number of benzene rings is 2. The standard InChI is InChI=1S/C24H28N4O4S2/c1-3-4-5-10-22-26-27-24(33-22)25-23(29)21-15-17-8-6-7-9-18(17)16-28(21)34(30,31)20-13-11-19(32-2)12-14-20/h6-9,11-14,21H,3-5,10,15-16H2,1-2H3,(H,25,27,29). The molecule has 1 atom stereocenters. The number of rotatable bonds is 9. The smallest absolute Gasteiger partial charge is 0.245 e. The average Bonchev–Trinajstić information content (AvgIpc) is 3.30. The molecule has 10 heteroatoms. The van der Waals surface area contributed by atoms with Crippen LogP contribution in [0, 0.1) is 0 Å². The third kappa shape index (κ3) is 5.29. The van der Waals surface area contributed by atoms with Crippen LogP contribution in [-0.2, 0) is 34.2 Å². The number of nitrogens with one attached hydrogen (secondary N) is 1. The van der Waals surface area contributed by atoms with Gasteiger partial charge in [0.1, 0.15) is 16.8 Å². The summed E-state index contributed by atoms with van der Waals surface area (Å²) in [6, 6.07) is 12.9. The van der Waals surface area contributed by atoms with E-state index < -0.39 is 22.0 Å². The molecule has 1 aliphatic rings. The molecule has 180 valence electrons. The fourth-order valence-electron chi connectivity index (χ4n) is 3.98. The summed E-state index contributed by atoms with van der Waals surface area (Å²) < 4.78 is 33.6. The Hall–Kier alpha value is -2.82. The lowest BCUT2D eigenvalue weighted by molar-refractivity contribution is -0.120. The van der Waals surface area contributed by atoms with Crippen molar-refractivity contribution in [3.05, 3.63) is 64.7 Å². The van der Waals surface area contributed by atoms with Gasteiger partial charge in [-0.15, -0.1) is 10.2 Å². The lowest BCUT2D eigenvalue weighted by atomic mass is 9.95. The number of amides is 1.